The van der Waals surface area contributed by atoms with Crippen LogP contribution in [0.15, 0.2) is 60.9 Å². The van der Waals surface area contributed by atoms with Gasteiger partial charge in [-0.1, -0.05) is 6.07 Å². The zero-order valence-corrected chi connectivity index (χ0v) is 14.3. The summed E-state index contributed by atoms with van der Waals surface area (Å²) in [6.07, 6.45) is 1.24. The van der Waals surface area contributed by atoms with E-state index in [1.165, 1.54) is 43.8 Å². The molecular weight excluding hydrogens is 351 g/mol. The number of carbonyl (C=O) groups is 2. The van der Waals surface area contributed by atoms with Crippen molar-refractivity contribution in [2.24, 2.45) is 0 Å². The average Bonchev–Trinajstić information content (AvgIpc) is 2.69. The normalized spacial score (nSPS) is 10.1. The molecular formula is C19H15FN4O3. The maximum absolute atomic E-state index is 12.9. The molecule has 1 heterocycles. The minimum atomic E-state index is -0.463. The van der Waals surface area contributed by atoms with Crippen molar-refractivity contribution in [3.8, 4) is 0 Å². The van der Waals surface area contributed by atoms with Gasteiger partial charge in [-0.3, -0.25) is 4.79 Å². The summed E-state index contributed by atoms with van der Waals surface area (Å²) >= 11 is 0. The molecule has 0 spiro atoms. The number of hydrogen-bond acceptors (Lipinski definition) is 6. The van der Waals surface area contributed by atoms with Crippen molar-refractivity contribution in [1.29, 1.82) is 0 Å². The van der Waals surface area contributed by atoms with Crippen molar-refractivity contribution >= 4 is 29.1 Å². The summed E-state index contributed by atoms with van der Waals surface area (Å²) in [5.74, 6) is -0.942. The fourth-order valence-electron chi connectivity index (χ4n) is 2.27. The van der Waals surface area contributed by atoms with Crippen LogP contribution in [-0.2, 0) is 4.74 Å². The van der Waals surface area contributed by atoms with E-state index in [0.717, 1.165) is 0 Å². The number of anilines is 3. The van der Waals surface area contributed by atoms with Crippen LogP contribution in [0.1, 0.15) is 20.8 Å². The first-order valence-electron chi connectivity index (χ1n) is 7.89. The fraction of sp³-hybridized carbons (Fsp3) is 0.0526. The molecule has 0 atom stereocenters. The van der Waals surface area contributed by atoms with Crippen LogP contribution in [0.2, 0.25) is 0 Å². The molecule has 0 bridgehead atoms. The minimum Gasteiger partial charge on any atom is -0.465 e. The van der Waals surface area contributed by atoms with Gasteiger partial charge >= 0.3 is 5.97 Å². The Kier molecular flexibility index (Phi) is 5.36. The smallest absolute Gasteiger partial charge is 0.337 e. The molecule has 7 nitrogen and oxygen atoms in total. The topological polar surface area (TPSA) is 93.2 Å². The zero-order valence-electron chi connectivity index (χ0n) is 14.3. The Morgan fingerprint density at radius 1 is 1.00 bits per heavy atom. The molecule has 1 amide bonds. The lowest BCUT2D eigenvalue weighted by atomic mass is 10.2. The van der Waals surface area contributed by atoms with Crippen molar-refractivity contribution < 1.29 is 18.7 Å². The molecule has 0 saturated carbocycles. The number of halogens is 1. The van der Waals surface area contributed by atoms with Crippen molar-refractivity contribution in [3.05, 3.63) is 78.0 Å². The molecule has 0 fully saturated rings. The first kappa shape index (κ1) is 18.0. The second-order valence-corrected chi connectivity index (χ2v) is 5.45. The first-order chi connectivity index (χ1) is 13.0. The first-order valence-corrected chi connectivity index (χ1v) is 7.89. The molecule has 136 valence electrons. The maximum atomic E-state index is 12.9. The van der Waals surface area contributed by atoms with E-state index in [1.54, 1.807) is 24.3 Å². The highest BCUT2D eigenvalue weighted by Crippen LogP contribution is 2.17. The van der Waals surface area contributed by atoms with Gasteiger partial charge < -0.3 is 15.4 Å². The Morgan fingerprint density at radius 3 is 2.52 bits per heavy atom. The number of amides is 1. The van der Waals surface area contributed by atoms with Crippen LogP contribution in [0.5, 0.6) is 0 Å². The fourth-order valence-corrected chi connectivity index (χ4v) is 2.27. The highest BCUT2D eigenvalue weighted by Gasteiger charge is 2.10. The van der Waals surface area contributed by atoms with Gasteiger partial charge in [-0.2, -0.15) is 0 Å². The Labute approximate surface area is 154 Å². The Hall–Kier alpha value is -3.81. The molecule has 0 radical (unpaired) electrons. The molecule has 2 aromatic carbocycles. The predicted molar refractivity (Wildman–Crippen MR) is 97.4 cm³/mol. The third-order valence-electron chi connectivity index (χ3n) is 3.56. The standard InChI is InChI=1S/C19H15FN4O3/c1-27-19(26)12-3-2-4-15(9-12)23-17-10-16(21-11-22-17)18(25)24-14-7-5-13(20)6-8-14/h2-11H,1H3,(H,24,25)(H,21,22,23). The van der Waals surface area contributed by atoms with Gasteiger partial charge in [0.1, 0.15) is 23.7 Å². The van der Waals surface area contributed by atoms with Gasteiger partial charge in [-0.25, -0.2) is 19.2 Å². The van der Waals surface area contributed by atoms with Gasteiger partial charge in [-0.15, -0.1) is 0 Å². The van der Waals surface area contributed by atoms with Gasteiger partial charge in [0.05, 0.1) is 12.7 Å². The summed E-state index contributed by atoms with van der Waals surface area (Å²) in [4.78, 5) is 31.9. The molecule has 0 aliphatic heterocycles. The maximum Gasteiger partial charge on any atom is 0.337 e. The second-order valence-electron chi connectivity index (χ2n) is 5.45. The Morgan fingerprint density at radius 2 is 1.78 bits per heavy atom. The molecule has 1 aromatic heterocycles. The van der Waals surface area contributed by atoms with Crippen LogP contribution >= 0.6 is 0 Å². The number of methoxy groups -OCH3 is 1. The minimum absolute atomic E-state index is 0.126. The van der Waals surface area contributed by atoms with E-state index >= 15 is 0 Å². The van der Waals surface area contributed by atoms with Crippen LogP contribution in [0.3, 0.4) is 0 Å². The van der Waals surface area contributed by atoms with Crippen molar-refractivity contribution in [2.75, 3.05) is 17.7 Å². The van der Waals surface area contributed by atoms with Crippen molar-refractivity contribution in [1.82, 2.24) is 9.97 Å². The Balaban J connectivity index is 1.74. The SMILES string of the molecule is COC(=O)c1cccc(Nc2cc(C(=O)Nc3ccc(F)cc3)ncn2)c1. The van der Waals surface area contributed by atoms with E-state index in [-0.39, 0.29) is 5.69 Å². The van der Waals surface area contributed by atoms with Gasteiger partial charge in [0, 0.05) is 17.4 Å². The van der Waals surface area contributed by atoms with E-state index in [4.69, 9.17) is 0 Å². The van der Waals surface area contributed by atoms with Crippen molar-refractivity contribution in [2.45, 2.75) is 0 Å². The molecule has 2 N–H and O–H groups in total. The third-order valence-corrected chi connectivity index (χ3v) is 3.56. The van der Waals surface area contributed by atoms with Gasteiger partial charge in [-0.05, 0) is 42.5 Å². The molecule has 0 aliphatic rings. The summed E-state index contributed by atoms with van der Waals surface area (Å²) in [7, 11) is 1.30. The number of nitrogens with zero attached hydrogens (tertiary/aromatic N) is 2. The number of esters is 1. The number of aromatic nitrogens is 2. The quantitative estimate of drug-likeness (QED) is 0.672. The highest BCUT2D eigenvalue weighted by molar-refractivity contribution is 6.03. The van der Waals surface area contributed by atoms with Gasteiger partial charge in [0.2, 0.25) is 0 Å². The van der Waals surface area contributed by atoms with E-state index in [1.807, 2.05) is 0 Å². The van der Waals surface area contributed by atoms with Crippen molar-refractivity contribution in [3.63, 3.8) is 0 Å². The summed E-state index contributed by atoms with van der Waals surface area (Å²) < 4.78 is 17.6. The molecule has 3 aromatic rings. The van der Waals surface area contributed by atoms with Crippen LogP contribution in [0.25, 0.3) is 0 Å². The molecule has 27 heavy (non-hydrogen) atoms. The Bertz CT molecular complexity index is 977. The number of ether oxygens (including phenoxy) is 1. The zero-order chi connectivity index (χ0) is 19.2. The largest absolute Gasteiger partial charge is 0.465 e. The molecule has 8 heteroatoms. The van der Waals surface area contributed by atoms with Crippen LogP contribution in [-0.4, -0.2) is 29.0 Å². The lowest BCUT2D eigenvalue weighted by molar-refractivity contribution is 0.0600. The summed E-state index contributed by atoms with van der Waals surface area (Å²) in [6.45, 7) is 0. The van der Waals surface area contributed by atoms with Crippen LogP contribution in [0.4, 0.5) is 21.6 Å². The number of carbonyl (C=O) groups excluding carboxylic acids is 2. The van der Waals surface area contributed by atoms with E-state index in [0.29, 0.717) is 22.8 Å². The summed E-state index contributed by atoms with van der Waals surface area (Å²) in [6, 6.07) is 13.5. The van der Waals surface area contributed by atoms with Gasteiger partial charge in [0.15, 0.2) is 0 Å². The van der Waals surface area contributed by atoms with Crippen LogP contribution in [0, 0.1) is 5.82 Å². The number of nitrogens with one attached hydrogen (secondary N) is 2. The number of rotatable bonds is 5. The number of hydrogen-bond donors (Lipinski definition) is 2. The van der Waals surface area contributed by atoms with E-state index in [9.17, 15) is 14.0 Å². The monoisotopic (exact) mass is 366 g/mol. The van der Waals surface area contributed by atoms with Gasteiger partial charge in [0.25, 0.3) is 5.91 Å². The molecule has 3 rings (SSSR count). The van der Waals surface area contributed by atoms with Crippen LogP contribution < -0.4 is 10.6 Å². The molecule has 0 aliphatic carbocycles. The molecule has 0 unspecified atom stereocenters. The average molecular weight is 366 g/mol. The third kappa shape index (κ3) is 4.63. The highest BCUT2D eigenvalue weighted by atomic mass is 19.1. The molecule has 0 saturated heterocycles. The lowest BCUT2D eigenvalue weighted by Gasteiger charge is -2.09. The summed E-state index contributed by atoms with van der Waals surface area (Å²) in [5, 5.41) is 5.62. The van der Waals surface area contributed by atoms with E-state index in [2.05, 4.69) is 25.3 Å². The predicted octanol–water partition coefficient (Wildman–Crippen LogP) is 3.40. The summed E-state index contributed by atoms with van der Waals surface area (Å²) in [5.41, 5.74) is 1.55. The van der Waals surface area contributed by atoms with E-state index < -0.39 is 17.7 Å². The second kappa shape index (κ2) is 8.05. The lowest BCUT2D eigenvalue weighted by Crippen LogP contribution is -2.14. The number of benzene rings is 2.